The molecular weight excluding hydrogens is 360 g/mol. The van der Waals surface area contributed by atoms with Crippen molar-refractivity contribution >= 4 is 0 Å². The molecule has 0 amide bonds. The third-order valence-electron chi connectivity index (χ3n) is 6.51. The summed E-state index contributed by atoms with van der Waals surface area (Å²) in [6.45, 7) is 6.21. The number of rotatable bonds is 26. The second-order valence-corrected chi connectivity index (χ2v) is 9.68. The minimum atomic E-state index is 1.12. The van der Waals surface area contributed by atoms with Crippen molar-refractivity contribution < 1.29 is 0 Å². The molecule has 0 aromatic rings. The molecule has 0 saturated heterocycles. The van der Waals surface area contributed by atoms with Gasteiger partial charge >= 0.3 is 0 Å². The molecule has 30 heavy (non-hydrogen) atoms. The van der Waals surface area contributed by atoms with Crippen molar-refractivity contribution in [2.45, 2.75) is 174 Å². The van der Waals surface area contributed by atoms with Gasteiger partial charge in [0.1, 0.15) is 0 Å². The molecule has 0 nitrogen and oxygen atoms in total. The minimum absolute atomic E-state index is 1.12. The van der Waals surface area contributed by atoms with E-state index < -0.39 is 0 Å². The first-order chi connectivity index (χ1) is 14.9. The van der Waals surface area contributed by atoms with Gasteiger partial charge in [-0.1, -0.05) is 167 Å². The maximum Gasteiger partial charge on any atom is -0.0351 e. The van der Waals surface area contributed by atoms with Crippen molar-refractivity contribution in [3.8, 4) is 0 Å². The first-order valence-corrected chi connectivity index (χ1v) is 14.4. The van der Waals surface area contributed by atoms with Crippen LogP contribution in [0, 0.1) is 6.92 Å². The van der Waals surface area contributed by atoms with E-state index in [1.807, 2.05) is 0 Å². The van der Waals surface area contributed by atoms with Crippen LogP contribution in [-0.2, 0) is 0 Å². The highest BCUT2D eigenvalue weighted by Gasteiger charge is 1.94. The van der Waals surface area contributed by atoms with Crippen LogP contribution >= 0.6 is 0 Å². The summed E-state index contributed by atoms with van der Waals surface area (Å²) in [5.74, 6) is 0. The molecule has 0 spiro atoms. The largest absolute Gasteiger partial charge is 0.0885 e. The molecular formula is C30H59. The van der Waals surface area contributed by atoms with Crippen molar-refractivity contribution in [2.24, 2.45) is 0 Å². The molecule has 1 radical (unpaired) electrons. The molecule has 0 unspecified atom stereocenters. The predicted octanol–water partition coefficient (Wildman–Crippen LogP) is 11.5. The van der Waals surface area contributed by atoms with E-state index in [1.54, 1.807) is 0 Å². The van der Waals surface area contributed by atoms with E-state index in [0.717, 1.165) is 6.42 Å². The highest BCUT2D eigenvalue weighted by molar-refractivity contribution is 4.81. The van der Waals surface area contributed by atoms with Gasteiger partial charge in [0.15, 0.2) is 0 Å². The van der Waals surface area contributed by atoms with Gasteiger partial charge < -0.3 is 0 Å². The summed E-state index contributed by atoms with van der Waals surface area (Å²) in [7, 11) is 0. The molecule has 0 aromatic carbocycles. The van der Waals surface area contributed by atoms with E-state index >= 15 is 0 Å². The van der Waals surface area contributed by atoms with Crippen molar-refractivity contribution in [3.05, 3.63) is 19.1 Å². The van der Waals surface area contributed by atoms with Gasteiger partial charge in [-0.15, -0.1) is 0 Å². The van der Waals surface area contributed by atoms with Gasteiger partial charge in [0.05, 0.1) is 0 Å². The van der Waals surface area contributed by atoms with Gasteiger partial charge in [0, 0.05) is 0 Å². The van der Waals surface area contributed by atoms with Crippen LogP contribution in [0.3, 0.4) is 0 Å². The lowest BCUT2D eigenvalue weighted by Gasteiger charge is -2.03. The molecule has 179 valence electrons. The van der Waals surface area contributed by atoms with Gasteiger partial charge in [-0.25, -0.2) is 0 Å². The van der Waals surface area contributed by atoms with E-state index in [2.05, 4.69) is 26.0 Å². The van der Waals surface area contributed by atoms with Crippen LogP contribution in [0.15, 0.2) is 12.2 Å². The molecule has 0 bridgehead atoms. The van der Waals surface area contributed by atoms with Crippen molar-refractivity contribution in [3.63, 3.8) is 0 Å². The second kappa shape index (κ2) is 28.7. The predicted molar refractivity (Wildman–Crippen MR) is 140 cm³/mol. The van der Waals surface area contributed by atoms with Crippen LogP contribution in [0.25, 0.3) is 0 Å². The molecule has 0 heteroatoms. The van der Waals surface area contributed by atoms with Gasteiger partial charge in [0.2, 0.25) is 0 Å². The normalized spacial score (nSPS) is 11.7. The summed E-state index contributed by atoms with van der Waals surface area (Å²) in [6.07, 6.45) is 41.8. The van der Waals surface area contributed by atoms with Gasteiger partial charge in [0.25, 0.3) is 0 Å². The van der Waals surface area contributed by atoms with Crippen molar-refractivity contribution in [2.75, 3.05) is 0 Å². The number of allylic oxidation sites excluding steroid dienone is 2. The lowest BCUT2D eigenvalue weighted by atomic mass is 10.0. The highest BCUT2D eigenvalue weighted by Crippen LogP contribution is 2.14. The zero-order chi connectivity index (χ0) is 21.8. The van der Waals surface area contributed by atoms with E-state index in [4.69, 9.17) is 0 Å². The van der Waals surface area contributed by atoms with Crippen molar-refractivity contribution in [1.29, 1.82) is 0 Å². The summed E-state index contributed by atoms with van der Waals surface area (Å²) in [4.78, 5) is 0. The Morgan fingerprint density at radius 1 is 0.367 bits per heavy atom. The number of hydrogen-bond donors (Lipinski definition) is 0. The van der Waals surface area contributed by atoms with E-state index in [1.165, 1.54) is 161 Å². The zero-order valence-electron chi connectivity index (χ0n) is 21.2. The Bertz CT molecular complexity index is 303. The van der Waals surface area contributed by atoms with E-state index in [-0.39, 0.29) is 0 Å². The quantitative estimate of drug-likeness (QED) is 0.0965. The van der Waals surface area contributed by atoms with Crippen LogP contribution in [0.4, 0.5) is 0 Å². The summed E-state index contributed by atoms with van der Waals surface area (Å²) < 4.78 is 0. The fourth-order valence-electron chi connectivity index (χ4n) is 4.37. The Kier molecular flexibility index (Phi) is 28.5. The molecule has 0 aromatic heterocycles. The summed E-state index contributed by atoms with van der Waals surface area (Å²) in [6, 6.07) is 0. The SMILES string of the molecule is [CH2]CCCCCCCCCCCCCCCCC=CCCCCCCCCCCC. The Morgan fingerprint density at radius 3 is 0.933 bits per heavy atom. The number of hydrogen-bond acceptors (Lipinski definition) is 0. The third-order valence-corrected chi connectivity index (χ3v) is 6.51. The van der Waals surface area contributed by atoms with Gasteiger partial charge in [-0.3, -0.25) is 0 Å². The minimum Gasteiger partial charge on any atom is -0.0885 e. The van der Waals surface area contributed by atoms with E-state index in [0.29, 0.717) is 0 Å². The van der Waals surface area contributed by atoms with Gasteiger partial charge in [-0.05, 0) is 25.7 Å². The Labute approximate surface area is 193 Å². The summed E-state index contributed by atoms with van der Waals surface area (Å²) >= 11 is 0. The highest BCUT2D eigenvalue weighted by atomic mass is 14.0. The molecule has 0 heterocycles. The molecule has 0 aliphatic heterocycles. The zero-order valence-corrected chi connectivity index (χ0v) is 21.2. The molecule has 0 fully saturated rings. The second-order valence-electron chi connectivity index (χ2n) is 9.68. The smallest absolute Gasteiger partial charge is 0.0351 e. The van der Waals surface area contributed by atoms with Crippen LogP contribution in [0.1, 0.15) is 174 Å². The average molecular weight is 420 g/mol. The standard InChI is InChI=1S/C30H59/c1-3-5-7-9-11-13-15-17-19-21-23-25-27-29-30-28-26-24-22-20-18-16-14-12-10-8-6-4-2/h24,26H,1,3-23,25,27-30H2,2H3. The Balaban J connectivity index is 3.05. The molecule has 0 aliphatic carbocycles. The Morgan fingerprint density at radius 2 is 0.633 bits per heavy atom. The first kappa shape index (κ1) is 29.7. The van der Waals surface area contributed by atoms with Crippen LogP contribution in [-0.4, -0.2) is 0 Å². The van der Waals surface area contributed by atoms with E-state index in [9.17, 15) is 0 Å². The lowest BCUT2D eigenvalue weighted by molar-refractivity contribution is 0.534. The summed E-state index contributed by atoms with van der Waals surface area (Å²) in [5, 5.41) is 0. The molecule has 0 N–H and O–H groups in total. The number of unbranched alkanes of at least 4 members (excludes halogenated alkanes) is 24. The topological polar surface area (TPSA) is 0 Å². The fourth-order valence-corrected chi connectivity index (χ4v) is 4.37. The summed E-state index contributed by atoms with van der Waals surface area (Å²) in [5.41, 5.74) is 0. The molecule has 0 aliphatic rings. The maximum atomic E-state index is 3.91. The van der Waals surface area contributed by atoms with Crippen LogP contribution in [0.5, 0.6) is 0 Å². The average Bonchev–Trinajstić information content (AvgIpc) is 2.76. The molecule has 0 rings (SSSR count). The lowest BCUT2D eigenvalue weighted by Crippen LogP contribution is -1.83. The monoisotopic (exact) mass is 419 g/mol. The van der Waals surface area contributed by atoms with Crippen LogP contribution < -0.4 is 0 Å². The maximum absolute atomic E-state index is 3.91. The van der Waals surface area contributed by atoms with Gasteiger partial charge in [-0.2, -0.15) is 0 Å². The molecule has 0 saturated carbocycles. The van der Waals surface area contributed by atoms with Crippen molar-refractivity contribution in [1.82, 2.24) is 0 Å². The fraction of sp³-hybridized carbons (Fsp3) is 0.900. The molecule has 0 atom stereocenters. The Hall–Kier alpha value is -0.260. The van der Waals surface area contributed by atoms with Crippen LogP contribution in [0.2, 0.25) is 0 Å². The first-order valence-electron chi connectivity index (χ1n) is 14.4. The third kappa shape index (κ3) is 27.7.